The highest BCUT2D eigenvalue weighted by Gasteiger charge is 2.21. The van der Waals surface area contributed by atoms with Gasteiger partial charge in [0, 0.05) is 19.6 Å². The van der Waals surface area contributed by atoms with Crippen LogP contribution < -0.4 is 4.74 Å². The number of morpholine rings is 1. The maximum Gasteiger partial charge on any atom is 0.123 e. The van der Waals surface area contributed by atoms with Gasteiger partial charge in [0.1, 0.15) is 12.4 Å². The van der Waals surface area contributed by atoms with Gasteiger partial charge in [-0.3, -0.25) is 4.90 Å². The molecule has 0 spiro atoms. The number of aryl methyl sites for hydroxylation is 1. The first-order valence-corrected chi connectivity index (χ1v) is 9.45. The third-order valence-corrected chi connectivity index (χ3v) is 4.48. The predicted molar refractivity (Wildman–Crippen MR) is 103 cm³/mol. The van der Waals surface area contributed by atoms with E-state index in [0.29, 0.717) is 25.4 Å². The van der Waals surface area contributed by atoms with Gasteiger partial charge in [-0.15, -0.1) is 0 Å². The van der Waals surface area contributed by atoms with Crippen LogP contribution >= 0.6 is 0 Å². The first-order valence-electron chi connectivity index (χ1n) is 9.45. The molecular weight excluding hydrogens is 314 g/mol. The zero-order valence-corrected chi connectivity index (χ0v) is 16.8. The van der Waals surface area contributed by atoms with Crippen molar-refractivity contribution in [3.05, 3.63) is 29.3 Å². The van der Waals surface area contributed by atoms with E-state index in [9.17, 15) is 0 Å². The van der Waals surface area contributed by atoms with Crippen LogP contribution in [0.5, 0.6) is 5.75 Å². The number of ether oxygens (including phenoxy) is 3. The summed E-state index contributed by atoms with van der Waals surface area (Å²) in [6, 6.07) is 6.40. The molecular formula is C21H35NO3. The Morgan fingerprint density at radius 2 is 1.76 bits per heavy atom. The third-order valence-electron chi connectivity index (χ3n) is 4.48. The van der Waals surface area contributed by atoms with Crippen LogP contribution in [-0.4, -0.2) is 56.6 Å². The molecule has 4 heteroatoms. The Morgan fingerprint density at radius 3 is 2.40 bits per heavy atom. The van der Waals surface area contributed by atoms with Crippen LogP contribution in [0.3, 0.4) is 0 Å². The van der Waals surface area contributed by atoms with Crippen LogP contribution in [0, 0.1) is 6.92 Å². The fraction of sp³-hybridized carbons (Fsp3) is 0.714. The summed E-state index contributed by atoms with van der Waals surface area (Å²) in [6.45, 7) is 17.9. The molecule has 1 aliphatic rings. The fourth-order valence-corrected chi connectivity index (χ4v) is 3.33. The summed E-state index contributed by atoms with van der Waals surface area (Å²) in [6.07, 6.45) is 0.619. The second-order valence-corrected chi connectivity index (χ2v) is 8.23. The SMILES string of the molecule is Cc1ccc(OCCOCCN2C[C@H](C)O[C@@H](C)C2)c(C(C)(C)C)c1. The standard InChI is InChI=1S/C21H35NO3/c1-16-7-8-20(19(13-16)21(4,5)6)24-12-11-23-10-9-22-14-17(2)25-18(3)15-22/h7-8,13,17-18H,9-12,14-15H2,1-6H3/t17-,18-/m0/s1. The Kier molecular flexibility index (Phi) is 7.29. The molecule has 0 radical (unpaired) electrons. The molecule has 2 rings (SSSR count). The average molecular weight is 350 g/mol. The minimum absolute atomic E-state index is 0.0753. The second-order valence-electron chi connectivity index (χ2n) is 8.23. The molecule has 1 aromatic carbocycles. The van der Waals surface area contributed by atoms with Crippen LogP contribution in [-0.2, 0) is 14.9 Å². The van der Waals surface area contributed by atoms with Gasteiger partial charge in [0.05, 0.1) is 25.4 Å². The van der Waals surface area contributed by atoms with E-state index in [1.807, 2.05) is 0 Å². The Balaban J connectivity index is 1.70. The molecule has 25 heavy (non-hydrogen) atoms. The number of rotatable bonds is 7. The van der Waals surface area contributed by atoms with Crippen molar-refractivity contribution < 1.29 is 14.2 Å². The van der Waals surface area contributed by atoms with Crippen molar-refractivity contribution in [2.24, 2.45) is 0 Å². The molecule has 1 saturated heterocycles. The lowest BCUT2D eigenvalue weighted by Crippen LogP contribution is -2.46. The molecule has 0 aromatic heterocycles. The highest BCUT2D eigenvalue weighted by atomic mass is 16.5. The molecule has 1 aromatic rings. The Hall–Kier alpha value is -1.10. The van der Waals surface area contributed by atoms with Crippen LogP contribution in [0.2, 0.25) is 0 Å². The van der Waals surface area contributed by atoms with E-state index >= 15 is 0 Å². The van der Waals surface area contributed by atoms with E-state index in [1.54, 1.807) is 0 Å². The van der Waals surface area contributed by atoms with E-state index in [4.69, 9.17) is 14.2 Å². The van der Waals surface area contributed by atoms with E-state index in [2.05, 4.69) is 64.6 Å². The summed E-state index contributed by atoms with van der Waals surface area (Å²) in [5, 5.41) is 0. The highest BCUT2D eigenvalue weighted by molar-refractivity contribution is 5.41. The minimum atomic E-state index is 0.0753. The maximum atomic E-state index is 5.99. The van der Waals surface area contributed by atoms with Gasteiger partial charge in [-0.1, -0.05) is 38.5 Å². The molecule has 2 atom stereocenters. The Labute approximate surface area is 153 Å². The quantitative estimate of drug-likeness (QED) is 0.701. The molecule has 1 heterocycles. The lowest BCUT2D eigenvalue weighted by atomic mass is 9.85. The molecule has 1 fully saturated rings. The maximum absolute atomic E-state index is 5.99. The van der Waals surface area contributed by atoms with Crippen molar-refractivity contribution >= 4 is 0 Å². The lowest BCUT2D eigenvalue weighted by Gasteiger charge is -2.35. The summed E-state index contributed by atoms with van der Waals surface area (Å²) < 4.78 is 17.5. The normalized spacial score (nSPS) is 22.2. The molecule has 0 unspecified atom stereocenters. The largest absolute Gasteiger partial charge is 0.491 e. The molecule has 0 amide bonds. The topological polar surface area (TPSA) is 30.9 Å². The van der Waals surface area contributed by atoms with Crippen LogP contribution in [0.1, 0.15) is 45.7 Å². The second kappa shape index (κ2) is 9.02. The smallest absolute Gasteiger partial charge is 0.123 e. The van der Waals surface area contributed by atoms with Crippen molar-refractivity contribution in [1.29, 1.82) is 0 Å². The van der Waals surface area contributed by atoms with Crippen molar-refractivity contribution in [2.75, 3.05) is 39.5 Å². The van der Waals surface area contributed by atoms with E-state index < -0.39 is 0 Å². The van der Waals surface area contributed by atoms with Gasteiger partial charge in [0.25, 0.3) is 0 Å². The summed E-state index contributed by atoms with van der Waals surface area (Å²) >= 11 is 0. The molecule has 4 nitrogen and oxygen atoms in total. The van der Waals surface area contributed by atoms with Crippen molar-refractivity contribution in [1.82, 2.24) is 4.90 Å². The number of hydrogen-bond acceptors (Lipinski definition) is 4. The zero-order chi connectivity index (χ0) is 18.4. The fourth-order valence-electron chi connectivity index (χ4n) is 3.33. The minimum Gasteiger partial charge on any atom is -0.491 e. The lowest BCUT2D eigenvalue weighted by molar-refractivity contribution is -0.0734. The summed E-state index contributed by atoms with van der Waals surface area (Å²) in [5.41, 5.74) is 2.60. The van der Waals surface area contributed by atoms with Crippen LogP contribution in [0.25, 0.3) is 0 Å². The van der Waals surface area contributed by atoms with Crippen molar-refractivity contribution in [2.45, 2.75) is 59.2 Å². The van der Waals surface area contributed by atoms with E-state index in [-0.39, 0.29) is 5.41 Å². The van der Waals surface area contributed by atoms with E-state index in [0.717, 1.165) is 32.0 Å². The van der Waals surface area contributed by atoms with Gasteiger partial charge in [-0.2, -0.15) is 0 Å². The van der Waals surface area contributed by atoms with Crippen molar-refractivity contribution in [3.8, 4) is 5.75 Å². The van der Waals surface area contributed by atoms with Gasteiger partial charge >= 0.3 is 0 Å². The van der Waals surface area contributed by atoms with Crippen molar-refractivity contribution in [3.63, 3.8) is 0 Å². The zero-order valence-electron chi connectivity index (χ0n) is 16.8. The highest BCUT2D eigenvalue weighted by Crippen LogP contribution is 2.32. The first kappa shape index (κ1) is 20.2. The summed E-state index contributed by atoms with van der Waals surface area (Å²) in [7, 11) is 0. The molecule has 0 saturated carbocycles. The number of nitrogens with zero attached hydrogens (tertiary/aromatic N) is 1. The van der Waals surface area contributed by atoms with Gasteiger partial charge < -0.3 is 14.2 Å². The third kappa shape index (κ3) is 6.61. The average Bonchev–Trinajstić information content (AvgIpc) is 2.50. The van der Waals surface area contributed by atoms with Gasteiger partial charge in [0.2, 0.25) is 0 Å². The molecule has 0 bridgehead atoms. The monoisotopic (exact) mass is 349 g/mol. The molecule has 1 aliphatic heterocycles. The Bertz CT molecular complexity index is 528. The van der Waals surface area contributed by atoms with Crippen LogP contribution in [0.4, 0.5) is 0 Å². The van der Waals surface area contributed by atoms with Gasteiger partial charge in [-0.05, 0) is 37.8 Å². The summed E-state index contributed by atoms with van der Waals surface area (Å²) in [4.78, 5) is 2.41. The predicted octanol–water partition coefficient (Wildman–Crippen LogP) is 3.80. The molecule has 0 N–H and O–H groups in total. The number of benzene rings is 1. The van der Waals surface area contributed by atoms with Gasteiger partial charge in [0.15, 0.2) is 0 Å². The Morgan fingerprint density at radius 1 is 1.08 bits per heavy atom. The summed E-state index contributed by atoms with van der Waals surface area (Å²) in [5.74, 6) is 0.970. The van der Waals surface area contributed by atoms with E-state index in [1.165, 1.54) is 11.1 Å². The molecule has 0 aliphatic carbocycles. The molecule has 142 valence electrons. The van der Waals surface area contributed by atoms with Crippen LogP contribution in [0.15, 0.2) is 18.2 Å². The number of hydrogen-bond donors (Lipinski definition) is 0. The first-order chi connectivity index (χ1) is 11.8. The van der Waals surface area contributed by atoms with Gasteiger partial charge in [-0.25, -0.2) is 0 Å².